The molecular formula is C76H79BN2O2. The molecule has 5 aliphatic rings. The molecule has 0 saturated carbocycles. The van der Waals surface area contributed by atoms with Crippen LogP contribution in [0.4, 0.5) is 28.4 Å². The van der Waals surface area contributed by atoms with Gasteiger partial charge in [0, 0.05) is 44.3 Å². The van der Waals surface area contributed by atoms with Gasteiger partial charge in [-0.05, 0) is 209 Å². The quantitative estimate of drug-likeness (QED) is 0.165. The van der Waals surface area contributed by atoms with Crippen molar-refractivity contribution in [3.05, 3.63) is 172 Å². The Hall–Kier alpha value is -6.98. The van der Waals surface area contributed by atoms with E-state index in [1.807, 2.05) is 0 Å². The van der Waals surface area contributed by atoms with Crippen LogP contribution in [0, 0.1) is 0 Å². The van der Waals surface area contributed by atoms with Crippen molar-refractivity contribution in [1.29, 1.82) is 0 Å². The van der Waals surface area contributed by atoms with Gasteiger partial charge in [-0.1, -0.05) is 171 Å². The Morgan fingerprint density at radius 1 is 0.420 bits per heavy atom. The fourth-order valence-electron chi connectivity index (χ4n) is 15.9. The highest BCUT2D eigenvalue weighted by Crippen LogP contribution is 2.57. The van der Waals surface area contributed by atoms with Crippen molar-refractivity contribution in [1.82, 2.24) is 0 Å². The summed E-state index contributed by atoms with van der Waals surface area (Å²) < 4.78 is 15.2. The third-order valence-electron chi connectivity index (χ3n) is 21.4. The Bertz CT molecular complexity index is 4360. The van der Waals surface area contributed by atoms with Gasteiger partial charge in [-0.3, -0.25) is 0 Å². The Morgan fingerprint density at radius 3 is 1.58 bits per heavy atom. The smallest absolute Gasteiger partial charge is 0.375 e. The van der Waals surface area contributed by atoms with E-state index >= 15 is 0 Å². The maximum absolute atomic E-state index is 7.95. The summed E-state index contributed by atoms with van der Waals surface area (Å²) in [5.41, 5.74) is 25.6. The molecule has 2 aromatic heterocycles. The molecule has 4 nitrogen and oxygen atoms in total. The van der Waals surface area contributed by atoms with Gasteiger partial charge in [0.1, 0.15) is 22.4 Å². The summed E-state index contributed by atoms with van der Waals surface area (Å²) in [6.07, 6.45) is 6.84. The summed E-state index contributed by atoms with van der Waals surface area (Å²) in [5, 5.41) is 5.95. The second-order valence-electron chi connectivity index (χ2n) is 30.5. The number of hydrogen-bond donors (Lipinski definition) is 0. The van der Waals surface area contributed by atoms with Gasteiger partial charge in [-0.15, -0.1) is 0 Å². The molecule has 0 bridgehead atoms. The number of anilines is 5. The largest absolute Gasteiger partial charge is 0.466 e. The lowest BCUT2D eigenvalue weighted by Crippen LogP contribution is -2.61. The Kier molecular flexibility index (Phi) is 10.3. The average molecular weight is 1060 g/mol. The number of furan rings is 2. The molecule has 5 heteroatoms. The van der Waals surface area contributed by atoms with Gasteiger partial charge >= 0.3 is 6.85 Å². The molecule has 0 unspecified atom stereocenters. The first-order valence-electron chi connectivity index (χ1n) is 30.4. The van der Waals surface area contributed by atoms with E-state index in [9.17, 15) is 0 Å². The molecule has 15 rings (SSSR count). The minimum Gasteiger partial charge on any atom is -0.466 e. The van der Waals surface area contributed by atoms with Crippen LogP contribution in [-0.2, 0) is 37.9 Å². The van der Waals surface area contributed by atoms with Crippen molar-refractivity contribution in [2.45, 2.75) is 180 Å². The van der Waals surface area contributed by atoms with Crippen LogP contribution < -0.4 is 20.8 Å². The predicted molar refractivity (Wildman–Crippen MR) is 345 cm³/mol. The van der Waals surface area contributed by atoms with E-state index in [0.717, 1.165) is 77.7 Å². The van der Waals surface area contributed by atoms with Crippen LogP contribution >= 0.6 is 0 Å². The lowest BCUT2D eigenvalue weighted by atomic mass is 9.45. The number of nitrogens with zero attached hydrogens (tertiary/aromatic N) is 2. The van der Waals surface area contributed by atoms with Crippen molar-refractivity contribution < 1.29 is 8.83 Å². The standard InChI is InChI=1S/C76H79BN2O2/c1-70(2,3)46-25-28-60(49(36-46)44-21-17-16-18-22-44)78-62-35-45-23-19-20-24-48(45)66-52-41-63-51(50-38-56-58(42-64(50)80-63)75(12,13)33-31-73(56,8)9)40-61(52)79(47-26-27-54-55(37-47)72(6,7)30-29-71(54,4)5)77(67(62)66)69-68(78)53-39-57-59(43-65(53)81-69)76(14,15)34-32-74(57,10)11/h16-28,35-43H,29-34H2,1-15H3. The highest BCUT2D eigenvalue weighted by molar-refractivity contribution is 6.93. The Labute approximate surface area is 481 Å². The third kappa shape index (κ3) is 7.27. The van der Waals surface area contributed by atoms with Crippen molar-refractivity contribution in [3.63, 3.8) is 0 Å². The second kappa shape index (κ2) is 16.4. The van der Waals surface area contributed by atoms with Gasteiger partial charge in [-0.25, -0.2) is 0 Å². The molecule has 0 fully saturated rings. The van der Waals surface area contributed by atoms with Gasteiger partial charge in [-0.2, -0.15) is 0 Å². The van der Waals surface area contributed by atoms with E-state index in [4.69, 9.17) is 8.83 Å². The fraction of sp³-hybridized carbons (Fsp3) is 0.368. The molecule has 0 amide bonds. The van der Waals surface area contributed by atoms with E-state index in [1.54, 1.807) is 0 Å². The molecule has 10 aromatic rings. The van der Waals surface area contributed by atoms with E-state index in [0.29, 0.717) is 0 Å². The SMILES string of the molecule is CC(C)(C)c1ccc(N2c3cc4ccccc4c4c3B(c3oc5cc6c(cc5c32)C(C)(C)CCC6(C)C)N(c2ccc3c(c2)C(C)(C)CCC3(C)C)c2cc3c(cc2-4)oc2cc4c(cc23)C(C)(C)CCC4(C)C)c(-c2ccccc2)c1. The zero-order chi connectivity index (χ0) is 56.5. The summed E-state index contributed by atoms with van der Waals surface area (Å²) >= 11 is 0. The van der Waals surface area contributed by atoms with E-state index in [1.165, 1.54) is 105 Å². The zero-order valence-electron chi connectivity index (χ0n) is 50.7. The minimum atomic E-state index is -0.335. The zero-order valence-corrected chi connectivity index (χ0v) is 50.7. The molecule has 0 spiro atoms. The van der Waals surface area contributed by atoms with Crippen LogP contribution in [0.15, 0.2) is 142 Å². The third-order valence-corrected chi connectivity index (χ3v) is 21.4. The second-order valence-corrected chi connectivity index (χ2v) is 30.5. The molecule has 0 N–H and O–H groups in total. The molecular weight excluding hydrogens is 984 g/mol. The molecule has 0 saturated heterocycles. The molecule has 3 aliphatic carbocycles. The maximum Gasteiger partial charge on any atom is 0.375 e. The first-order valence-corrected chi connectivity index (χ1v) is 30.4. The number of fused-ring (bicyclic) bond motifs is 14. The number of hydrogen-bond acceptors (Lipinski definition) is 4. The monoisotopic (exact) mass is 1060 g/mol. The van der Waals surface area contributed by atoms with Gasteiger partial charge in [0.15, 0.2) is 0 Å². The molecule has 408 valence electrons. The normalized spacial score (nSPS) is 19.5. The fourth-order valence-corrected chi connectivity index (χ4v) is 15.9. The van der Waals surface area contributed by atoms with Crippen molar-refractivity contribution in [2.24, 2.45) is 0 Å². The lowest BCUT2D eigenvalue weighted by molar-refractivity contribution is 0.332. The van der Waals surface area contributed by atoms with Gasteiger partial charge in [0.2, 0.25) is 0 Å². The van der Waals surface area contributed by atoms with E-state index < -0.39 is 0 Å². The van der Waals surface area contributed by atoms with Gasteiger partial charge in [0.25, 0.3) is 0 Å². The maximum atomic E-state index is 7.95. The van der Waals surface area contributed by atoms with Crippen LogP contribution in [0.2, 0.25) is 0 Å². The van der Waals surface area contributed by atoms with E-state index in [2.05, 4.69) is 247 Å². The first kappa shape index (κ1) is 50.9. The van der Waals surface area contributed by atoms with E-state index in [-0.39, 0.29) is 44.8 Å². The Balaban J connectivity index is 1.12. The van der Waals surface area contributed by atoms with Crippen LogP contribution in [0.25, 0.3) is 65.9 Å². The summed E-state index contributed by atoms with van der Waals surface area (Å²) in [5.74, 6) is 0. The summed E-state index contributed by atoms with van der Waals surface area (Å²) in [6, 6.07) is 52.4. The highest BCUT2D eigenvalue weighted by atomic mass is 16.3. The van der Waals surface area contributed by atoms with Crippen LogP contribution in [0.5, 0.6) is 0 Å². The Morgan fingerprint density at radius 2 is 0.951 bits per heavy atom. The van der Waals surface area contributed by atoms with Crippen LogP contribution in [-0.4, -0.2) is 6.85 Å². The highest BCUT2D eigenvalue weighted by Gasteiger charge is 2.51. The first-order chi connectivity index (χ1) is 38.2. The lowest BCUT2D eigenvalue weighted by Gasteiger charge is -2.46. The number of rotatable bonds is 3. The summed E-state index contributed by atoms with van der Waals surface area (Å²) in [6.45, 7) is 36.0. The molecule has 81 heavy (non-hydrogen) atoms. The van der Waals surface area contributed by atoms with Crippen LogP contribution in [0.1, 0.15) is 181 Å². The molecule has 0 atom stereocenters. The van der Waals surface area contributed by atoms with Gasteiger partial charge < -0.3 is 18.5 Å². The molecule has 2 aliphatic heterocycles. The molecule has 0 radical (unpaired) electrons. The number of benzene rings is 8. The van der Waals surface area contributed by atoms with Gasteiger partial charge in [0.05, 0.1) is 11.4 Å². The molecule has 4 heterocycles. The van der Waals surface area contributed by atoms with Crippen molar-refractivity contribution >= 4 is 90.1 Å². The predicted octanol–water partition coefficient (Wildman–Crippen LogP) is 20.2. The average Bonchev–Trinajstić information content (AvgIpc) is 2.19. The summed E-state index contributed by atoms with van der Waals surface area (Å²) in [4.78, 5) is 5.35. The van der Waals surface area contributed by atoms with Crippen molar-refractivity contribution in [3.8, 4) is 22.3 Å². The summed E-state index contributed by atoms with van der Waals surface area (Å²) in [7, 11) is 0. The van der Waals surface area contributed by atoms with Crippen molar-refractivity contribution in [2.75, 3.05) is 9.71 Å². The molecule has 8 aromatic carbocycles. The topological polar surface area (TPSA) is 32.8 Å². The van der Waals surface area contributed by atoms with Crippen LogP contribution in [0.3, 0.4) is 0 Å². The minimum absolute atomic E-state index is 0.00831.